The Morgan fingerprint density at radius 3 is 2.12 bits per heavy atom. The van der Waals surface area contributed by atoms with Crippen LogP contribution in [0.4, 0.5) is 5.69 Å². The predicted molar refractivity (Wildman–Crippen MR) is 133 cm³/mol. The maximum atomic E-state index is 13.2. The zero-order chi connectivity index (χ0) is 22.6. The normalized spacial score (nSPS) is 17.6. The molecule has 0 saturated carbocycles. The average molecular weight is 442 g/mol. The second-order valence-electron chi connectivity index (χ2n) is 9.09. The van der Waals surface area contributed by atoms with Gasteiger partial charge in [-0.15, -0.1) is 11.3 Å². The van der Waals surface area contributed by atoms with Gasteiger partial charge in [0.1, 0.15) is 4.88 Å². The van der Waals surface area contributed by atoms with Gasteiger partial charge in [0, 0.05) is 46.6 Å². The van der Waals surface area contributed by atoms with Gasteiger partial charge in [-0.05, 0) is 36.6 Å². The summed E-state index contributed by atoms with van der Waals surface area (Å²) in [5.74, 6) is 0.189. The van der Waals surface area contributed by atoms with Crippen molar-refractivity contribution in [2.75, 3.05) is 19.0 Å². The standard InChI is InChI=1S/C28H27NO2S/c1-17(2)19-7-9-20(10-8-19)28(21-11-13-22(14-12-21)29(4)5)25-23-16-18(3)6-15-24(23)32-26(25)27(30)31-28/h6-17H,1-5H3. The molecule has 4 heteroatoms. The number of carbonyl (C=O) groups is 1. The molecule has 0 bridgehead atoms. The molecule has 32 heavy (non-hydrogen) atoms. The van der Waals surface area contributed by atoms with Gasteiger partial charge in [-0.2, -0.15) is 0 Å². The van der Waals surface area contributed by atoms with E-state index in [1.165, 1.54) is 22.5 Å². The highest BCUT2D eigenvalue weighted by Crippen LogP contribution is 2.53. The molecule has 0 amide bonds. The van der Waals surface area contributed by atoms with E-state index in [2.05, 4.69) is 92.4 Å². The predicted octanol–water partition coefficient (Wildman–Crippen LogP) is 6.86. The number of hydrogen-bond acceptors (Lipinski definition) is 4. The van der Waals surface area contributed by atoms with E-state index in [1.54, 1.807) is 0 Å². The van der Waals surface area contributed by atoms with Crippen molar-refractivity contribution in [3.8, 4) is 0 Å². The summed E-state index contributed by atoms with van der Waals surface area (Å²) in [4.78, 5) is 16.0. The monoisotopic (exact) mass is 441 g/mol. The van der Waals surface area contributed by atoms with Crippen molar-refractivity contribution in [3.05, 3.63) is 99.4 Å². The molecular weight excluding hydrogens is 414 g/mol. The number of fused-ring (bicyclic) bond motifs is 3. The van der Waals surface area contributed by atoms with Crippen LogP contribution in [0.5, 0.6) is 0 Å². The van der Waals surface area contributed by atoms with Crippen LogP contribution < -0.4 is 4.90 Å². The molecule has 0 saturated heterocycles. The summed E-state index contributed by atoms with van der Waals surface area (Å²) in [6.07, 6.45) is 0. The van der Waals surface area contributed by atoms with E-state index in [4.69, 9.17) is 4.74 Å². The zero-order valence-electron chi connectivity index (χ0n) is 19.1. The fourth-order valence-electron chi connectivity index (χ4n) is 4.61. The molecule has 1 aromatic heterocycles. The van der Waals surface area contributed by atoms with Crippen LogP contribution in [0.2, 0.25) is 0 Å². The number of rotatable bonds is 4. The molecule has 1 unspecified atom stereocenters. The Morgan fingerprint density at radius 1 is 0.906 bits per heavy atom. The Bertz CT molecular complexity index is 1260. The number of thiophene rings is 1. The van der Waals surface area contributed by atoms with Gasteiger partial charge in [0.25, 0.3) is 0 Å². The lowest BCUT2D eigenvalue weighted by Crippen LogP contribution is -2.29. The lowest BCUT2D eigenvalue weighted by atomic mass is 9.79. The fourth-order valence-corrected chi connectivity index (χ4v) is 5.72. The number of hydrogen-bond donors (Lipinski definition) is 0. The number of benzene rings is 3. The first kappa shape index (κ1) is 20.8. The van der Waals surface area contributed by atoms with Crippen LogP contribution in [0.1, 0.15) is 57.3 Å². The molecular formula is C28H27NO2S. The van der Waals surface area contributed by atoms with E-state index < -0.39 is 5.60 Å². The molecule has 162 valence electrons. The molecule has 0 spiro atoms. The van der Waals surface area contributed by atoms with Gasteiger partial charge in [0.05, 0.1) is 0 Å². The minimum Gasteiger partial charge on any atom is -0.440 e. The molecule has 5 rings (SSSR count). The topological polar surface area (TPSA) is 29.5 Å². The summed E-state index contributed by atoms with van der Waals surface area (Å²) in [6, 6.07) is 23.3. The van der Waals surface area contributed by atoms with E-state index in [0.29, 0.717) is 10.8 Å². The second kappa shape index (κ2) is 7.49. The number of carbonyl (C=O) groups excluding carboxylic acids is 1. The highest BCUT2D eigenvalue weighted by molar-refractivity contribution is 7.21. The van der Waals surface area contributed by atoms with Crippen molar-refractivity contribution in [2.24, 2.45) is 0 Å². The summed E-state index contributed by atoms with van der Waals surface area (Å²) < 4.78 is 7.45. The lowest BCUT2D eigenvalue weighted by Gasteiger charge is -2.31. The van der Waals surface area contributed by atoms with Crippen LogP contribution in [0.25, 0.3) is 10.1 Å². The van der Waals surface area contributed by atoms with E-state index in [0.717, 1.165) is 32.5 Å². The number of ether oxygens (including phenoxy) is 1. The minimum absolute atomic E-state index is 0.247. The Hall–Kier alpha value is -3.11. The van der Waals surface area contributed by atoms with E-state index in [1.807, 2.05) is 14.1 Å². The Balaban J connectivity index is 1.82. The molecule has 4 aromatic rings. The highest BCUT2D eigenvalue weighted by Gasteiger charge is 2.51. The van der Waals surface area contributed by atoms with E-state index >= 15 is 0 Å². The van der Waals surface area contributed by atoms with Crippen LogP contribution in [-0.2, 0) is 10.3 Å². The van der Waals surface area contributed by atoms with Crippen LogP contribution in [-0.4, -0.2) is 20.1 Å². The van der Waals surface area contributed by atoms with Gasteiger partial charge in [-0.3, -0.25) is 0 Å². The van der Waals surface area contributed by atoms with Gasteiger partial charge in [-0.1, -0.05) is 67.9 Å². The Kier molecular flexibility index (Phi) is 4.86. The highest BCUT2D eigenvalue weighted by atomic mass is 32.1. The van der Waals surface area contributed by atoms with Crippen LogP contribution >= 0.6 is 11.3 Å². The molecule has 0 aliphatic carbocycles. The number of aryl methyl sites for hydroxylation is 1. The van der Waals surface area contributed by atoms with Gasteiger partial charge >= 0.3 is 5.97 Å². The lowest BCUT2D eigenvalue weighted by molar-refractivity contribution is 0.0256. The molecule has 1 aliphatic heterocycles. The smallest absolute Gasteiger partial charge is 0.350 e. The van der Waals surface area contributed by atoms with Gasteiger partial charge < -0.3 is 9.64 Å². The van der Waals surface area contributed by atoms with Crippen molar-refractivity contribution in [1.29, 1.82) is 0 Å². The van der Waals surface area contributed by atoms with Crippen molar-refractivity contribution in [2.45, 2.75) is 32.3 Å². The number of anilines is 1. The first-order valence-electron chi connectivity index (χ1n) is 11.0. The molecule has 0 N–H and O–H groups in total. The molecule has 0 radical (unpaired) electrons. The third kappa shape index (κ3) is 3.05. The summed E-state index contributed by atoms with van der Waals surface area (Å²) in [5, 5.41) is 1.10. The first-order chi connectivity index (χ1) is 15.3. The quantitative estimate of drug-likeness (QED) is 0.324. The largest absolute Gasteiger partial charge is 0.440 e. The fraction of sp³-hybridized carbons (Fsp3) is 0.250. The van der Waals surface area contributed by atoms with Crippen molar-refractivity contribution in [1.82, 2.24) is 0 Å². The number of cyclic esters (lactones) is 1. The molecule has 2 heterocycles. The third-order valence-electron chi connectivity index (χ3n) is 6.40. The first-order valence-corrected chi connectivity index (χ1v) is 11.8. The van der Waals surface area contributed by atoms with Crippen LogP contribution in [0.3, 0.4) is 0 Å². The van der Waals surface area contributed by atoms with Crippen LogP contribution in [0.15, 0.2) is 66.7 Å². The van der Waals surface area contributed by atoms with Crippen LogP contribution in [0, 0.1) is 6.92 Å². The summed E-state index contributed by atoms with van der Waals surface area (Å²) >= 11 is 1.53. The van der Waals surface area contributed by atoms with E-state index in [9.17, 15) is 4.79 Å². The zero-order valence-corrected chi connectivity index (χ0v) is 19.9. The van der Waals surface area contributed by atoms with E-state index in [-0.39, 0.29) is 5.97 Å². The number of esters is 1. The summed E-state index contributed by atoms with van der Waals surface area (Å²) in [6.45, 7) is 6.47. The Labute approximate surface area is 193 Å². The third-order valence-corrected chi connectivity index (χ3v) is 7.55. The molecule has 1 aliphatic rings. The molecule has 3 nitrogen and oxygen atoms in total. The Morgan fingerprint density at radius 2 is 1.53 bits per heavy atom. The minimum atomic E-state index is -0.960. The molecule has 3 aromatic carbocycles. The SMILES string of the molecule is Cc1ccc2sc3c(c2c1)C(c1ccc(C(C)C)cc1)(c1ccc(N(C)C)cc1)OC3=O. The van der Waals surface area contributed by atoms with Gasteiger partial charge in [0.15, 0.2) is 5.60 Å². The summed E-state index contributed by atoms with van der Waals surface area (Å²) in [5.41, 5.74) is 5.50. The summed E-state index contributed by atoms with van der Waals surface area (Å²) in [7, 11) is 4.05. The number of nitrogens with zero attached hydrogens (tertiary/aromatic N) is 1. The van der Waals surface area contributed by atoms with Gasteiger partial charge in [0.2, 0.25) is 0 Å². The maximum absolute atomic E-state index is 13.2. The van der Waals surface area contributed by atoms with Crippen molar-refractivity contribution >= 4 is 33.1 Å². The maximum Gasteiger partial charge on any atom is 0.350 e. The van der Waals surface area contributed by atoms with Crippen molar-refractivity contribution < 1.29 is 9.53 Å². The van der Waals surface area contributed by atoms with Gasteiger partial charge in [-0.25, -0.2) is 4.79 Å². The second-order valence-corrected chi connectivity index (χ2v) is 10.1. The molecule has 1 atom stereocenters. The average Bonchev–Trinajstić information content (AvgIpc) is 3.30. The molecule has 0 fully saturated rings. The van der Waals surface area contributed by atoms with Crippen molar-refractivity contribution in [3.63, 3.8) is 0 Å².